The van der Waals surface area contributed by atoms with Crippen LogP contribution in [-0.4, -0.2) is 29.2 Å². The largest absolute Gasteiger partial charge is 0.480 e. The third-order valence-corrected chi connectivity index (χ3v) is 4.00. The third kappa shape index (κ3) is 3.97. The van der Waals surface area contributed by atoms with Crippen molar-refractivity contribution >= 4 is 17.7 Å². The second-order valence-electron chi connectivity index (χ2n) is 6.01. The summed E-state index contributed by atoms with van der Waals surface area (Å²) in [5.74, 6) is -1.03. The molecular formula is C16H22N2O3. The second-order valence-corrected chi connectivity index (χ2v) is 6.01. The molecule has 0 saturated heterocycles. The van der Waals surface area contributed by atoms with Crippen LogP contribution in [0.3, 0.4) is 0 Å². The van der Waals surface area contributed by atoms with E-state index in [4.69, 9.17) is 5.11 Å². The number of hydrogen-bond donors (Lipinski definition) is 2. The first-order chi connectivity index (χ1) is 9.89. The summed E-state index contributed by atoms with van der Waals surface area (Å²) in [7, 11) is 0. The lowest BCUT2D eigenvalue weighted by Crippen LogP contribution is -2.51. The molecule has 1 aromatic rings. The van der Waals surface area contributed by atoms with E-state index >= 15 is 0 Å². The predicted molar refractivity (Wildman–Crippen MR) is 81.6 cm³/mol. The Morgan fingerprint density at radius 2 is 1.81 bits per heavy atom. The van der Waals surface area contributed by atoms with Crippen molar-refractivity contribution in [2.45, 2.75) is 45.1 Å². The number of urea groups is 1. The Labute approximate surface area is 125 Å². The van der Waals surface area contributed by atoms with E-state index in [0.717, 1.165) is 31.2 Å². The summed E-state index contributed by atoms with van der Waals surface area (Å²) in [5.41, 5.74) is 1.44. The van der Waals surface area contributed by atoms with E-state index in [1.807, 2.05) is 26.0 Å². The zero-order chi connectivity index (χ0) is 15.5. The fourth-order valence-electron chi connectivity index (χ4n) is 2.75. The molecule has 0 spiro atoms. The molecular weight excluding hydrogens is 268 g/mol. The Morgan fingerprint density at radius 3 is 2.33 bits per heavy atom. The van der Waals surface area contributed by atoms with Crippen molar-refractivity contribution in [3.05, 3.63) is 29.8 Å². The van der Waals surface area contributed by atoms with Crippen LogP contribution >= 0.6 is 0 Å². The van der Waals surface area contributed by atoms with Gasteiger partial charge in [-0.25, -0.2) is 4.79 Å². The molecule has 0 unspecified atom stereocenters. The van der Waals surface area contributed by atoms with E-state index in [1.165, 1.54) is 4.90 Å². The summed E-state index contributed by atoms with van der Waals surface area (Å²) in [4.78, 5) is 24.8. The zero-order valence-electron chi connectivity index (χ0n) is 12.6. The molecule has 2 N–H and O–H groups in total. The minimum atomic E-state index is -1.03. The number of carbonyl (C=O) groups is 2. The van der Waals surface area contributed by atoms with Crippen molar-refractivity contribution in [1.82, 2.24) is 5.32 Å². The number of rotatable bonds is 4. The number of carboxylic acid groups (broad SMARTS) is 1. The smallest absolute Gasteiger partial charge is 0.323 e. The maximum Gasteiger partial charge on any atom is 0.323 e. The van der Waals surface area contributed by atoms with Gasteiger partial charge in [-0.05, 0) is 38.8 Å². The van der Waals surface area contributed by atoms with E-state index in [1.54, 1.807) is 12.1 Å². The van der Waals surface area contributed by atoms with Crippen LogP contribution in [0.1, 0.15) is 38.2 Å². The normalized spacial score (nSPS) is 16.5. The molecule has 2 amide bonds. The monoisotopic (exact) mass is 290 g/mol. The second kappa shape index (κ2) is 6.16. The van der Waals surface area contributed by atoms with E-state index in [-0.39, 0.29) is 18.1 Å². The molecule has 1 aliphatic carbocycles. The summed E-state index contributed by atoms with van der Waals surface area (Å²) >= 11 is 0. The van der Waals surface area contributed by atoms with Crippen molar-refractivity contribution in [1.29, 1.82) is 0 Å². The quantitative estimate of drug-likeness (QED) is 0.895. The summed E-state index contributed by atoms with van der Waals surface area (Å²) in [5, 5.41) is 12.0. The van der Waals surface area contributed by atoms with Crippen LogP contribution in [0.4, 0.5) is 10.5 Å². The summed E-state index contributed by atoms with van der Waals surface area (Å²) in [6.45, 7) is 3.63. The standard InChI is InChI=1S/C16H22N2O3/c1-12-5-7-13(8-6-12)18(11-14(19)20)15(21)17-16(2)9-3-4-10-16/h5-8H,3-4,9-11H2,1-2H3,(H,17,21)(H,19,20). The van der Waals surface area contributed by atoms with Gasteiger partial charge in [0.25, 0.3) is 0 Å². The first kappa shape index (κ1) is 15.4. The van der Waals surface area contributed by atoms with E-state index in [0.29, 0.717) is 5.69 Å². The molecule has 5 nitrogen and oxygen atoms in total. The van der Waals surface area contributed by atoms with Crippen LogP contribution in [0.25, 0.3) is 0 Å². The lowest BCUT2D eigenvalue weighted by Gasteiger charge is -2.30. The van der Waals surface area contributed by atoms with Crippen LogP contribution in [0.2, 0.25) is 0 Å². The average molecular weight is 290 g/mol. The predicted octanol–water partition coefficient (Wildman–Crippen LogP) is 2.93. The van der Waals surface area contributed by atoms with Gasteiger partial charge < -0.3 is 10.4 Å². The number of carboxylic acids is 1. The number of hydrogen-bond acceptors (Lipinski definition) is 2. The molecule has 0 aromatic heterocycles. The molecule has 0 atom stereocenters. The SMILES string of the molecule is Cc1ccc(N(CC(=O)O)C(=O)NC2(C)CCCC2)cc1. The van der Waals surface area contributed by atoms with E-state index in [2.05, 4.69) is 5.32 Å². The molecule has 0 heterocycles. The van der Waals surface area contributed by atoms with Gasteiger partial charge in [-0.3, -0.25) is 9.69 Å². The molecule has 114 valence electrons. The number of anilines is 1. The average Bonchev–Trinajstić information content (AvgIpc) is 2.83. The molecule has 1 saturated carbocycles. The van der Waals surface area contributed by atoms with Gasteiger partial charge in [0.15, 0.2) is 0 Å². The van der Waals surface area contributed by atoms with Gasteiger partial charge in [-0.2, -0.15) is 0 Å². The third-order valence-electron chi connectivity index (χ3n) is 4.00. The Balaban J connectivity index is 2.16. The lowest BCUT2D eigenvalue weighted by atomic mass is 10.0. The highest BCUT2D eigenvalue weighted by Gasteiger charge is 2.32. The van der Waals surface area contributed by atoms with Crippen molar-refractivity contribution in [3.63, 3.8) is 0 Å². The van der Waals surface area contributed by atoms with Gasteiger partial charge in [0, 0.05) is 11.2 Å². The highest BCUT2D eigenvalue weighted by atomic mass is 16.4. The number of benzene rings is 1. The summed E-state index contributed by atoms with van der Waals surface area (Å²) in [6.07, 6.45) is 4.07. The van der Waals surface area contributed by atoms with Gasteiger partial charge in [0.05, 0.1) is 0 Å². The zero-order valence-corrected chi connectivity index (χ0v) is 12.6. The highest BCUT2D eigenvalue weighted by molar-refractivity contribution is 5.96. The molecule has 5 heteroatoms. The Hall–Kier alpha value is -2.04. The first-order valence-electron chi connectivity index (χ1n) is 7.28. The highest BCUT2D eigenvalue weighted by Crippen LogP contribution is 2.29. The molecule has 1 fully saturated rings. The van der Waals surface area contributed by atoms with E-state index < -0.39 is 5.97 Å². The number of aliphatic carboxylic acids is 1. The van der Waals surface area contributed by atoms with Crippen molar-refractivity contribution in [2.75, 3.05) is 11.4 Å². The molecule has 21 heavy (non-hydrogen) atoms. The van der Waals surface area contributed by atoms with Crippen LogP contribution in [0, 0.1) is 6.92 Å². The molecule has 2 rings (SSSR count). The number of aryl methyl sites for hydroxylation is 1. The van der Waals surface area contributed by atoms with Crippen LogP contribution in [0.5, 0.6) is 0 Å². The number of carbonyl (C=O) groups excluding carboxylic acids is 1. The van der Waals surface area contributed by atoms with Crippen LogP contribution in [0.15, 0.2) is 24.3 Å². The molecule has 1 aliphatic rings. The van der Waals surface area contributed by atoms with Gasteiger partial charge in [-0.15, -0.1) is 0 Å². The number of nitrogens with zero attached hydrogens (tertiary/aromatic N) is 1. The minimum Gasteiger partial charge on any atom is -0.480 e. The van der Waals surface area contributed by atoms with Crippen molar-refractivity contribution in [3.8, 4) is 0 Å². The molecule has 0 radical (unpaired) electrons. The van der Waals surface area contributed by atoms with Gasteiger partial charge in [-0.1, -0.05) is 30.5 Å². The number of nitrogens with one attached hydrogen (secondary N) is 1. The Bertz CT molecular complexity index is 519. The maximum atomic E-state index is 12.5. The maximum absolute atomic E-state index is 12.5. The topological polar surface area (TPSA) is 69.6 Å². The Kier molecular flexibility index (Phi) is 4.50. The fourth-order valence-corrected chi connectivity index (χ4v) is 2.75. The lowest BCUT2D eigenvalue weighted by molar-refractivity contribution is -0.135. The summed E-state index contributed by atoms with van der Waals surface area (Å²) in [6, 6.07) is 6.94. The van der Waals surface area contributed by atoms with Gasteiger partial charge in [0.1, 0.15) is 6.54 Å². The first-order valence-corrected chi connectivity index (χ1v) is 7.28. The van der Waals surface area contributed by atoms with Crippen LogP contribution < -0.4 is 10.2 Å². The van der Waals surface area contributed by atoms with Crippen molar-refractivity contribution in [2.24, 2.45) is 0 Å². The number of amides is 2. The molecule has 1 aromatic carbocycles. The van der Waals surface area contributed by atoms with E-state index in [9.17, 15) is 9.59 Å². The molecule has 0 bridgehead atoms. The Morgan fingerprint density at radius 1 is 1.24 bits per heavy atom. The van der Waals surface area contributed by atoms with Crippen molar-refractivity contribution < 1.29 is 14.7 Å². The van der Waals surface area contributed by atoms with Crippen LogP contribution in [-0.2, 0) is 4.79 Å². The van der Waals surface area contributed by atoms with Gasteiger partial charge >= 0.3 is 12.0 Å². The van der Waals surface area contributed by atoms with Gasteiger partial charge in [0.2, 0.25) is 0 Å². The molecule has 0 aliphatic heterocycles. The minimum absolute atomic E-state index is 0.224. The fraction of sp³-hybridized carbons (Fsp3) is 0.500. The summed E-state index contributed by atoms with van der Waals surface area (Å²) < 4.78 is 0.